The maximum Gasteiger partial charge on any atom is 0.104 e. The van der Waals surface area contributed by atoms with Crippen LogP contribution >= 0.6 is 12.0 Å². The van der Waals surface area contributed by atoms with E-state index in [9.17, 15) is 0 Å². The first kappa shape index (κ1) is 8.63. The molecule has 0 aliphatic carbocycles. The highest BCUT2D eigenvalue weighted by atomic mass is 32.2. The molecule has 2 heterocycles. The highest BCUT2D eigenvalue weighted by molar-refractivity contribution is 7.99. The molecule has 2 rings (SSSR count). The Bertz CT molecular complexity index is 337. The van der Waals surface area contributed by atoms with Crippen LogP contribution in [0.1, 0.15) is 13.8 Å². The van der Waals surface area contributed by atoms with Crippen LogP contribution in [0, 0.1) is 0 Å². The van der Waals surface area contributed by atoms with Crippen molar-refractivity contribution in [1.82, 2.24) is 0 Å². The van der Waals surface area contributed by atoms with Gasteiger partial charge in [0.05, 0.1) is 28.2 Å². The van der Waals surface area contributed by atoms with E-state index in [2.05, 4.69) is 24.9 Å². The van der Waals surface area contributed by atoms with E-state index < -0.39 is 0 Å². The highest BCUT2D eigenvalue weighted by Crippen LogP contribution is 2.28. The normalized spacial score (nSPS) is 23.8. The van der Waals surface area contributed by atoms with Crippen LogP contribution in [-0.4, -0.2) is 11.3 Å². The summed E-state index contributed by atoms with van der Waals surface area (Å²) in [6.07, 6.45) is 9.71. The van der Waals surface area contributed by atoms with E-state index >= 15 is 0 Å². The first-order chi connectivity index (χ1) is 6.17. The zero-order valence-corrected chi connectivity index (χ0v) is 8.47. The minimum absolute atomic E-state index is 0.115. The summed E-state index contributed by atoms with van der Waals surface area (Å²) >= 11 is 1.35. The third kappa shape index (κ3) is 1.86. The molecular formula is C10H11NOS. The Kier molecular flexibility index (Phi) is 2.04. The van der Waals surface area contributed by atoms with Gasteiger partial charge in [-0.3, -0.25) is 4.99 Å². The molecular weight excluding hydrogens is 182 g/mol. The summed E-state index contributed by atoms with van der Waals surface area (Å²) in [7, 11) is 0. The fourth-order valence-electron chi connectivity index (χ4n) is 1.22. The molecule has 2 aliphatic heterocycles. The van der Waals surface area contributed by atoms with E-state index in [4.69, 9.17) is 4.18 Å². The van der Waals surface area contributed by atoms with Crippen molar-refractivity contribution < 1.29 is 4.18 Å². The number of nitrogens with zero attached hydrogens (tertiary/aromatic N) is 1. The lowest BCUT2D eigenvalue weighted by Crippen LogP contribution is -2.15. The lowest BCUT2D eigenvalue weighted by molar-refractivity contribution is 0.568. The number of rotatable bonds is 0. The van der Waals surface area contributed by atoms with Gasteiger partial charge in [-0.05, 0) is 19.9 Å². The summed E-state index contributed by atoms with van der Waals surface area (Å²) < 4.78 is 5.12. The molecule has 68 valence electrons. The Morgan fingerprint density at radius 2 is 2.31 bits per heavy atom. The van der Waals surface area contributed by atoms with E-state index in [-0.39, 0.29) is 5.54 Å². The van der Waals surface area contributed by atoms with Crippen molar-refractivity contribution in [1.29, 1.82) is 0 Å². The van der Waals surface area contributed by atoms with Crippen LogP contribution < -0.4 is 0 Å². The molecule has 0 aromatic rings. The van der Waals surface area contributed by atoms with Gasteiger partial charge < -0.3 is 4.18 Å². The van der Waals surface area contributed by atoms with Crippen molar-refractivity contribution in [3.8, 4) is 0 Å². The Labute approximate surface area is 82.3 Å². The fourth-order valence-corrected chi connectivity index (χ4v) is 1.77. The number of allylic oxidation sites excluding steroid dienone is 4. The van der Waals surface area contributed by atoms with Crippen molar-refractivity contribution in [2.45, 2.75) is 19.4 Å². The Morgan fingerprint density at radius 3 is 3.15 bits per heavy atom. The molecule has 0 atom stereocenters. The molecule has 0 bridgehead atoms. The topological polar surface area (TPSA) is 21.6 Å². The van der Waals surface area contributed by atoms with Gasteiger partial charge in [-0.1, -0.05) is 12.2 Å². The van der Waals surface area contributed by atoms with Crippen LogP contribution in [0.3, 0.4) is 0 Å². The van der Waals surface area contributed by atoms with E-state index in [1.54, 1.807) is 6.26 Å². The van der Waals surface area contributed by atoms with Crippen molar-refractivity contribution in [3.63, 3.8) is 0 Å². The van der Waals surface area contributed by atoms with Gasteiger partial charge in [0.2, 0.25) is 0 Å². The lowest BCUT2D eigenvalue weighted by atomic mass is 10.1. The predicted molar refractivity (Wildman–Crippen MR) is 56.6 cm³/mol. The molecule has 0 N–H and O–H groups in total. The molecule has 0 fully saturated rings. The van der Waals surface area contributed by atoms with Gasteiger partial charge in [-0.2, -0.15) is 0 Å². The third-order valence-corrected chi connectivity index (χ3v) is 2.56. The van der Waals surface area contributed by atoms with E-state index in [1.165, 1.54) is 12.0 Å². The van der Waals surface area contributed by atoms with Crippen LogP contribution in [0.4, 0.5) is 0 Å². The molecule has 13 heavy (non-hydrogen) atoms. The molecule has 0 saturated carbocycles. The van der Waals surface area contributed by atoms with Crippen molar-refractivity contribution in [3.05, 3.63) is 35.5 Å². The highest BCUT2D eigenvalue weighted by Gasteiger charge is 2.19. The molecule has 0 radical (unpaired) electrons. The Morgan fingerprint density at radius 1 is 1.46 bits per heavy atom. The lowest BCUT2D eigenvalue weighted by Gasteiger charge is -2.16. The van der Waals surface area contributed by atoms with E-state index in [1.807, 2.05) is 18.2 Å². The summed E-state index contributed by atoms with van der Waals surface area (Å²) in [5.74, 6) is 0. The second-order valence-electron chi connectivity index (χ2n) is 3.52. The first-order valence-corrected chi connectivity index (χ1v) is 4.91. The molecule has 0 spiro atoms. The Hall–Kier alpha value is -0.960. The second-order valence-corrected chi connectivity index (χ2v) is 4.32. The molecule has 0 aromatic carbocycles. The standard InChI is InChI=1S/C10H11NOS/c1-10(2)6-3-4-9-8(11-10)5-7-12-13-9/h3-7H,1-2H3. The van der Waals surface area contributed by atoms with Gasteiger partial charge in [0, 0.05) is 6.08 Å². The van der Waals surface area contributed by atoms with Gasteiger partial charge in [0.25, 0.3) is 0 Å². The number of hydrogen-bond donors (Lipinski definition) is 0. The van der Waals surface area contributed by atoms with Gasteiger partial charge in [-0.25, -0.2) is 0 Å². The molecule has 2 aliphatic rings. The fraction of sp³-hybridized carbons (Fsp3) is 0.300. The SMILES string of the molecule is CC1(C)C=CC=C2SOC=CC2=N1. The molecule has 3 heteroatoms. The summed E-state index contributed by atoms with van der Waals surface area (Å²) in [5.41, 5.74) is 0.891. The summed E-state index contributed by atoms with van der Waals surface area (Å²) in [6.45, 7) is 4.17. The zero-order chi connectivity index (χ0) is 9.31. The number of aliphatic imine (C=N–C) groups is 1. The molecule has 0 aromatic heterocycles. The summed E-state index contributed by atoms with van der Waals surface area (Å²) in [5, 5.41) is 0. The van der Waals surface area contributed by atoms with Gasteiger partial charge in [-0.15, -0.1) is 0 Å². The molecule has 0 unspecified atom stereocenters. The average molecular weight is 193 g/mol. The van der Waals surface area contributed by atoms with Gasteiger partial charge in [0.1, 0.15) is 6.26 Å². The monoisotopic (exact) mass is 193 g/mol. The largest absolute Gasteiger partial charge is 0.428 e. The van der Waals surface area contributed by atoms with Crippen LogP contribution in [0.25, 0.3) is 0 Å². The van der Waals surface area contributed by atoms with Crippen LogP contribution in [0.15, 0.2) is 40.5 Å². The van der Waals surface area contributed by atoms with Crippen LogP contribution in [0.5, 0.6) is 0 Å². The number of fused-ring (bicyclic) bond motifs is 1. The summed E-state index contributed by atoms with van der Waals surface area (Å²) in [6, 6.07) is 0. The minimum Gasteiger partial charge on any atom is -0.428 e. The average Bonchev–Trinajstić information content (AvgIpc) is 2.21. The van der Waals surface area contributed by atoms with Gasteiger partial charge >= 0.3 is 0 Å². The van der Waals surface area contributed by atoms with E-state index in [0.29, 0.717) is 0 Å². The first-order valence-electron chi connectivity index (χ1n) is 4.17. The quantitative estimate of drug-likeness (QED) is 0.552. The van der Waals surface area contributed by atoms with Crippen LogP contribution in [0.2, 0.25) is 0 Å². The van der Waals surface area contributed by atoms with Gasteiger partial charge in [0.15, 0.2) is 0 Å². The van der Waals surface area contributed by atoms with Crippen molar-refractivity contribution in [2.75, 3.05) is 0 Å². The van der Waals surface area contributed by atoms with Crippen molar-refractivity contribution >= 4 is 17.8 Å². The van der Waals surface area contributed by atoms with E-state index in [0.717, 1.165) is 10.6 Å². The number of hydrogen-bond acceptors (Lipinski definition) is 3. The molecule has 0 saturated heterocycles. The van der Waals surface area contributed by atoms with Crippen molar-refractivity contribution in [2.24, 2.45) is 4.99 Å². The smallest absolute Gasteiger partial charge is 0.104 e. The molecule has 0 amide bonds. The third-order valence-electron chi connectivity index (χ3n) is 1.83. The zero-order valence-electron chi connectivity index (χ0n) is 7.65. The van der Waals surface area contributed by atoms with Crippen LogP contribution in [-0.2, 0) is 4.18 Å². The minimum atomic E-state index is -0.115. The maximum absolute atomic E-state index is 5.12. The second kappa shape index (κ2) is 3.07. The predicted octanol–water partition coefficient (Wildman–Crippen LogP) is 2.85. The maximum atomic E-state index is 5.12. The Balaban J connectivity index is 2.44. The summed E-state index contributed by atoms with van der Waals surface area (Å²) in [4.78, 5) is 5.68. The molecule has 2 nitrogen and oxygen atoms in total.